The first kappa shape index (κ1) is 13.1. The van der Waals surface area contributed by atoms with E-state index in [1.54, 1.807) is 30.3 Å². The number of ether oxygens (including phenoxy) is 1. The third kappa shape index (κ3) is 3.53. The van der Waals surface area contributed by atoms with Crippen molar-refractivity contribution in [2.75, 3.05) is 13.7 Å². The molecule has 1 rings (SSSR count). The molecule has 1 atom stereocenters. The minimum atomic E-state index is -2.13. The molecule has 0 bridgehead atoms. The van der Waals surface area contributed by atoms with Crippen molar-refractivity contribution in [2.45, 2.75) is 12.0 Å². The molecule has 0 heterocycles. The average molecular weight is 239 g/mol. The summed E-state index contributed by atoms with van der Waals surface area (Å²) >= 11 is 0. The fourth-order valence-electron chi connectivity index (χ4n) is 1.53. The van der Waals surface area contributed by atoms with E-state index in [1.165, 1.54) is 0 Å². The van der Waals surface area contributed by atoms with E-state index in [2.05, 4.69) is 4.74 Å². The van der Waals surface area contributed by atoms with Gasteiger partial charge in [-0.25, -0.2) is 4.79 Å². The number of hydrogen-bond acceptors (Lipinski definition) is 5. The molecule has 0 aliphatic carbocycles. The summed E-state index contributed by atoms with van der Waals surface area (Å²) in [7, 11) is 1.08. The number of nitro groups is 1. The number of rotatable bonds is 5. The van der Waals surface area contributed by atoms with E-state index in [1.807, 2.05) is 0 Å². The summed E-state index contributed by atoms with van der Waals surface area (Å²) in [6, 6.07) is 8.56. The van der Waals surface area contributed by atoms with Crippen LogP contribution in [0.2, 0.25) is 0 Å². The lowest BCUT2D eigenvalue weighted by molar-refractivity contribution is -0.497. The van der Waals surface area contributed by atoms with Gasteiger partial charge in [0, 0.05) is 11.3 Å². The van der Waals surface area contributed by atoms with Crippen molar-refractivity contribution in [1.82, 2.24) is 0 Å². The minimum Gasteiger partial charge on any atom is -0.467 e. The van der Waals surface area contributed by atoms with Crippen LogP contribution in [0.25, 0.3) is 0 Å². The molecule has 0 amide bonds. The number of benzene rings is 1. The Morgan fingerprint density at radius 2 is 2.06 bits per heavy atom. The lowest BCUT2D eigenvalue weighted by Crippen LogP contribution is -2.47. The van der Waals surface area contributed by atoms with Gasteiger partial charge in [0.2, 0.25) is 12.1 Å². The van der Waals surface area contributed by atoms with Crippen molar-refractivity contribution in [3.63, 3.8) is 0 Å². The highest BCUT2D eigenvalue weighted by Gasteiger charge is 2.42. The lowest BCUT2D eigenvalue weighted by Gasteiger charge is -2.20. The molecule has 0 spiro atoms. The van der Waals surface area contributed by atoms with Crippen LogP contribution in [0.4, 0.5) is 0 Å². The molecule has 1 aromatic rings. The maximum absolute atomic E-state index is 11.4. The summed E-state index contributed by atoms with van der Waals surface area (Å²) in [5.41, 5.74) is -1.50. The molecule has 17 heavy (non-hydrogen) atoms. The number of hydrogen-bond donors (Lipinski definition) is 1. The molecule has 6 heteroatoms. The zero-order chi connectivity index (χ0) is 12.9. The third-order valence-corrected chi connectivity index (χ3v) is 2.30. The molecule has 0 radical (unpaired) electrons. The van der Waals surface area contributed by atoms with E-state index in [9.17, 15) is 20.0 Å². The molecule has 6 nitrogen and oxygen atoms in total. The van der Waals surface area contributed by atoms with Gasteiger partial charge in [-0.2, -0.15) is 0 Å². The summed E-state index contributed by atoms with van der Waals surface area (Å²) in [4.78, 5) is 21.1. The van der Waals surface area contributed by atoms with Crippen LogP contribution < -0.4 is 0 Å². The zero-order valence-electron chi connectivity index (χ0n) is 9.33. The van der Waals surface area contributed by atoms with Gasteiger partial charge in [-0.15, -0.1) is 0 Å². The number of aliphatic hydroxyl groups is 1. The van der Waals surface area contributed by atoms with Crippen LogP contribution in [-0.4, -0.2) is 35.3 Å². The fourth-order valence-corrected chi connectivity index (χ4v) is 1.53. The number of carbonyl (C=O) groups excluding carboxylic acids is 1. The maximum Gasteiger partial charge on any atom is 0.345 e. The zero-order valence-corrected chi connectivity index (χ0v) is 9.33. The predicted octanol–water partition coefficient (Wildman–Crippen LogP) is 0.410. The number of esters is 1. The van der Waals surface area contributed by atoms with Crippen molar-refractivity contribution in [3.05, 3.63) is 46.0 Å². The van der Waals surface area contributed by atoms with Crippen LogP contribution in [0.15, 0.2) is 30.3 Å². The topological polar surface area (TPSA) is 89.7 Å². The first-order chi connectivity index (χ1) is 7.98. The second kappa shape index (κ2) is 5.40. The third-order valence-electron chi connectivity index (χ3n) is 2.30. The van der Waals surface area contributed by atoms with Gasteiger partial charge in [-0.1, -0.05) is 30.3 Å². The lowest BCUT2D eigenvalue weighted by atomic mass is 9.94. The molecule has 0 aromatic heterocycles. The Morgan fingerprint density at radius 3 is 2.53 bits per heavy atom. The Bertz CT molecular complexity index is 406. The van der Waals surface area contributed by atoms with Crippen molar-refractivity contribution in [3.8, 4) is 0 Å². The van der Waals surface area contributed by atoms with Gasteiger partial charge >= 0.3 is 5.97 Å². The van der Waals surface area contributed by atoms with Gasteiger partial charge in [0.15, 0.2) is 0 Å². The van der Waals surface area contributed by atoms with Crippen molar-refractivity contribution >= 4 is 5.97 Å². The molecular formula is C11H13NO5. The van der Waals surface area contributed by atoms with Crippen LogP contribution in [0.3, 0.4) is 0 Å². The van der Waals surface area contributed by atoms with E-state index < -0.39 is 23.0 Å². The van der Waals surface area contributed by atoms with Crippen molar-refractivity contribution < 1.29 is 19.6 Å². The summed E-state index contributed by atoms with van der Waals surface area (Å²) in [5, 5.41) is 20.5. The number of methoxy groups -OCH3 is 1. The van der Waals surface area contributed by atoms with Crippen LogP contribution in [-0.2, 0) is 16.0 Å². The molecule has 0 fully saturated rings. The maximum atomic E-state index is 11.4. The Hall–Kier alpha value is -1.95. The Labute approximate surface area is 98.0 Å². The predicted molar refractivity (Wildman–Crippen MR) is 59.0 cm³/mol. The molecule has 1 aromatic carbocycles. The molecule has 0 saturated heterocycles. The first-order valence-electron chi connectivity index (χ1n) is 4.94. The van der Waals surface area contributed by atoms with Gasteiger partial charge in [0.25, 0.3) is 0 Å². The van der Waals surface area contributed by atoms with Crippen molar-refractivity contribution in [2.24, 2.45) is 0 Å². The first-order valence-corrected chi connectivity index (χ1v) is 4.94. The quantitative estimate of drug-likeness (QED) is 0.456. The average Bonchev–Trinajstić information content (AvgIpc) is 2.28. The molecule has 1 unspecified atom stereocenters. The smallest absolute Gasteiger partial charge is 0.345 e. The Morgan fingerprint density at radius 1 is 1.47 bits per heavy atom. The summed E-state index contributed by atoms with van der Waals surface area (Å²) in [6.07, 6.45) is -0.151. The molecule has 0 aliphatic heterocycles. The largest absolute Gasteiger partial charge is 0.467 e. The van der Waals surface area contributed by atoms with E-state index in [0.29, 0.717) is 5.56 Å². The summed E-state index contributed by atoms with van der Waals surface area (Å²) in [6.45, 7) is -0.880. The van der Waals surface area contributed by atoms with E-state index in [-0.39, 0.29) is 6.42 Å². The van der Waals surface area contributed by atoms with Gasteiger partial charge < -0.3 is 9.84 Å². The Balaban J connectivity index is 2.91. The molecule has 0 aliphatic rings. The van der Waals surface area contributed by atoms with Crippen LogP contribution in [0, 0.1) is 10.1 Å². The monoisotopic (exact) mass is 239 g/mol. The highest BCUT2D eigenvalue weighted by Crippen LogP contribution is 2.15. The molecule has 92 valence electrons. The van der Waals surface area contributed by atoms with Crippen molar-refractivity contribution in [1.29, 1.82) is 0 Å². The fraction of sp³-hybridized carbons (Fsp3) is 0.364. The molecule has 0 saturated carbocycles. The Kier molecular flexibility index (Phi) is 4.17. The van der Waals surface area contributed by atoms with E-state index >= 15 is 0 Å². The number of nitrogens with zero attached hydrogens (tertiary/aromatic N) is 1. The molecule has 1 N–H and O–H groups in total. The van der Waals surface area contributed by atoms with Gasteiger partial charge in [-0.3, -0.25) is 10.1 Å². The second-order valence-corrected chi connectivity index (χ2v) is 3.68. The summed E-state index contributed by atoms with van der Waals surface area (Å²) in [5.74, 6) is -1.00. The molecular weight excluding hydrogens is 226 g/mol. The second-order valence-electron chi connectivity index (χ2n) is 3.68. The van der Waals surface area contributed by atoms with Crippen LogP contribution in [0.1, 0.15) is 5.56 Å². The number of carbonyl (C=O) groups is 1. The van der Waals surface area contributed by atoms with Crippen LogP contribution >= 0.6 is 0 Å². The summed E-state index contributed by atoms with van der Waals surface area (Å²) < 4.78 is 4.40. The van der Waals surface area contributed by atoms with Crippen LogP contribution in [0.5, 0.6) is 0 Å². The minimum absolute atomic E-state index is 0.151. The van der Waals surface area contributed by atoms with Gasteiger partial charge in [0.05, 0.1) is 7.11 Å². The van der Waals surface area contributed by atoms with Gasteiger partial charge in [-0.05, 0) is 5.56 Å². The highest BCUT2D eigenvalue weighted by atomic mass is 16.6. The standard InChI is InChI=1S/C11H13NO5/c1-17-10(13)11(14,8-12(15)16)7-9-5-3-2-4-6-9/h2-6,14H,7-8H2,1H3. The van der Waals surface area contributed by atoms with E-state index in [0.717, 1.165) is 7.11 Å². The SMILES string of the molecule is COC(=O)C(O)(Cc1ccccc1)C[N+](=O)[O-]. The normalized spacial score (nSPS) is 13.8. The van der Waals surface area contributed by atoms with Gasteiger partial charge in [0.1, 0.15) is 0 Å². The highest BCUT2D eigenvalue weighted by molar-refractivity contribution is 5.79. The van der Waals surface area contributed by atoms with E-state index in [4.69, 9.17) is 0 Å².